The zero-order chi connectivity index (χ0) is 19.1. The topological polar surface area (TPSA) is 51.2 Å². The molecule has 3 aromatic rings. The fourth-order valence-electron chi connectivity index (χ4n) is 2.39. The van der Waals surface area contributed by atoms with Crippen molar-refractivity contribution in [3.05, 3.63) is 86.8 Å². The summed E-state index contributed by atoms with van der Waals surface area (Å²) >= 11 is 7.69. The predicted octanol–water partition coefficient (Wildman–Crippen LogP) is 5.01. The Morgan fingerprint density at radius 2 is 2.11 bits per heavy atom. The first kappa shape index (κ1) is 19.1. The fraction of sp³-hybridized carbons (Fsp3) is 0.143. The Kier molecular flexibility index (Phi) is 6.63. The van der Waals surface area contributed by atoms with Crippen molar-refractivity contribution < 1.29 is 9.53 Å². The molecule has 0 aliphatic carbocycles. The molecule has 1 N–H and O–H groups in total. The molecule has 27 heavy (non-hydrogen) atoms. The molecule has 3 rings (SSSR count). The van der Waals surface area contributed by atoms with Crippen molar-refractivity contribution in [1.29, 1.82) is 0 Å². The summed E-state index contributed by atoms with van der Waals surface area (Å²) < 4.78 is 5.77. The number of nitrogens with one attached hydrogen (secondary N) is 1. The average Bonchev–Trinajstić information content (AvgIpc) is 3.10. The van der Waals surface area contributed by atoms with Crippen molar-refractivity contribution >= 4 is 34.9 Å². The van der Waals surface area contributed by atoms with Gasteiger partial charge in [-0.05, 0) is 42.3 Å². The van der Waals surface area contributed by atoms with Crippen molar-refractivity contribution in [3.8, 4) is 5.75 Å². The predicted molar refractivity (Wildman–Crippen MR) is 110 cm³/mol. The van der Waals surface area contributed by atoms with Gasteiger partial charge in [0, 0.05) is 23.0 Å². The van der Waals surface area contributed by atoms with Crippen molar-refractivity contribution in [2.45, 2.75) is 20.1 Å². The van der Waals surface area contributed by atoms with Gasteiger partial charge in [-0.2, -0.15) is 0 Å². The molecule has 0 radical (unpaired) electrons. The number of rotatable bonds is 7. The van der Waals surface area contributed by atoms with Gasteiger partial charge in [0.2, 0.25) is 5.91 Å². The lowest BCUT2D eigenvalue weighted by Gasteiger charge is -2.06. The standard InChI is InChI=1S/C21H19ClN2O2S/c1-15-24-18(14-27-15)13-26-19-7-4-5-16(11-19)9-10-21(25)23-12-17-6-2-3-8-20(17)22/h2-11,14H,12-13H2,1H3,(H,23,25)/b10-9+. The van der Waals surface area contributed by atoms with E-state index in [1.54, 1.807) is 23.5 Å². The first-order chi connectivity index (χ1) is 13.1. The van der Waals surface area contributed by atoms with E-state index in [9.17, 15) is 4.79 Å². The molecule has 1 aromatic heterocycles. The third-order valence-corrected chi connectivity index (χ3v) is 4.94. The van der Waals surface area contributed by atoms with E-state index in [1.165, 1.54) is 6.08 Å². The molecule has 1 amide bonds. The van der Waals surface area contributed by atoms with Gasteiger partial charge in [0.25, 0.3) is 0 Å². The van der Waals surface area contributed by atoms with Crippen molar-refractivity contribution in [2.75, 3.05) is 0 Å². The Morgan fingerprint density at radius 3 is 2.89 bits per heavy atom. The maximum absolute atomic E-state index is 12.0. The van der Waals surface area contributed by atoms with Gasteiger partial charge in [-0.1, -0.05) is 41.9 Å². The number of benzene rings is 2. The Labute approximate surface area is 167 Å². The lowest BCUT2D eigenvalue weighted by molar-refractivity contribution is -0.116. The molecule has 0 saturated heterocycles. The summed E-state index contributed by atoms with van der Waals surface area (Å²) in [6.07, 6.45) is 3.25. The SMILES string of the molecule is Cc1nc(COc2cccc(/C=C/C(=O)NCc3ccccc3Cl)c2)cs1. The minimum Gasteiger partial charge on any atom is -0.487 e. The second kappa shape index (κ2) is 9.35. The number of ether oxygens (including phenoxy) is 1. The highest BCUT2D eigenvalue weighted by atomic mass is 35.5. The van der Waals surface area contributed by atoms with E-state index < -0.39 is 0 Å². The van der Waals surface area contributed by atoms with Gasteiger partial charge in [-0.3, -0.25) is 4.79 Å². The van der Waals surface area contributed by atoms with Gasteiger partial charge < -0.3 is 10.1 Å². The van der Waals surface area contributed by atoms with Gasteiger partial charge >= 0.3 is 0 Å². The molecule has 2 aromatic carbocycles. The Hall–Kier alpha value is -2.63. The fourth-order valence-corrected chi connectivity index (χ4v) is 3.19. The van der Waals surface area contributed by atoms with Gasteiger partial charge in [-0.15, -0.1) is 11.3 Å². The zero-order valence-electron chi connectivity index (χ0n) is 14.8. The summed E-state index contributed by atoms with van der Waals surface area (Å²) in [4.78, 5) is 16.4. The van der Waals surface area contributed by atoms with E-state index in [1.807, 2.05) is 54.8 Å². The number of aryl methyl sites for hydroxylation is 1. The van der Waals surface area contributed by atoms with Crippen LogP contribution in [0.2, 0.25) is 5.02 Å². The molecule has 0 bridgehead atoms. The van der Waals surface area contributed by atoms with E-state index in [4.69, 9.17) is 16.3 Å². The molecule has 0 fully saturated rings. The van der Waals surface area contributed by atoms with Crippen LogP contribution in [0, 0.1) is 6.92 Å². The number of aromatic nitrogens is 1. The zero-order valence-corrected chi connectivity index (χ0v) is 16.4. The number of thiazole rings is 1. The summed E-state index contributed by atoms with van der Waals surface area (Å²) in [5.74, 6) is 0.554. The molecule has 0 aliphatic rings. The van der Waals surface area contributed by atoms with Crippen LogP contribution in [0.15, 0.2) is 60.0 Å². The van der Waals surface area contributed by atoms with Crippen LogP contribution in [0.1, 0.15) is 21.8 Å². The molecular weight excluding hydrogens is 380 g/mol. The molecular formula is C21H19ClN2O2S. The molecule has 1 heterocycles. The molecule has 0 unspecified atom stereocenters. The van der Waals surface area contributed by atoms with E-state index in [2.05, 4.69) is 10.3 Å². The van der Waals surface area contributed by atoms with E-state index >= 15 is 0 Å². The van der Waals surface area contributed by atoms with Crippen LogP contribution in [-0.2, 0) is 17.9 Å². The maximum Gasteiger partial charge on any atom is 0.244 e. The van der Waals surface area contributed by atoms with Crippen molar-refractivity contribution in [1.82, 2.24) is 10.3 Å². The third kappa shape index (κ3) is 5.94. The van der Waals surface area contributed by atoms with Crippen LogP contribution in [-0.4, -0.2) is 10.9 Å². The summed E-state index contributed by atoms with van der Waals surface area (Å²) in [6, 6.07) is 15.0. The number of halogens is 1. The lowest BCUT2D eigenvalue weighted by atomic mass is 10.2. The number of carbonyl (C=O) groups excluding carboxylic acids is 1. The Morgan fingerprint density at radius 1 is 1.26 bits per heavy atom. The van der Waals surface area contributed by atoms with Crippen molar-refractivity contribution in [3.63, 3.8) is 0 Å². The van der Waals surface area contributed by atoms with Crippen LogP contribution in [0.3, 0.4) is 0 Å². The van der Waals surface area contributed by atoms with Crippen molar-refractivity contribution in [2.24, 2.45) is 0 Å². The highest BCUT2D eigenvalue weighted by Gasteiger charge is 2.02. The minimum atomic E-state index is -0.181. The normalized spacial score (nSPS) is 10.9. The Balaban J connectivity index is 1.53. The number of hydrogen-bond acceptors (Lipinski definition) is 4. The lowest BCUT2D eigenvalue weighted by Crippen LogP contribution is -2.20. The summed E-state index contributed by atoms with van der Waals surface area (Å²) in [7, 11) is 0. The van der Waals surface area contributed by atoms with Gasteiger partial charge in [0.05, 0.1) is 10.7 Å². The summed E-state index contributed by atoms with van der Waals surface area (Å²) in [5, 5.41) is 6.48. The van der Waals surface area contributed by atoms with Crippen LogP contribution in [0.4, 0.5) is 0 Å². The molecule has 0 atom stereocenters. The van der Waals surface area contributed by atoms with E-state index in [0.717, 1.165) is 27.6 Å². The van der Waals surface area contributed by atoms with Gasteiger partial charge in [-0.25, -0.2) is 4.98 Å². The van der Waals surface area contributed by atoms with Crippen LogP contribution < -0.4 is 10.1 Å². The average molecular weight is 399 g/mol. The van der Waals surface area contributed by atoms with E-state index in [-0.39, 0.29) is 5.91 Å². The first-order valence-corrected chi connectivity index (χ1v) is 9.69. The number of hydrogen-bond donors (Lipinski definition) is 1. The van der Waals surface area contributed by atoms with Gasteiger partial charge in [0.1, 0.15) is 12.4 Å². The molecule has 0 aliphatic heterocycles. The number of carbonyl (C=O) groups is 1. The molecule has 4 nitrogen and oxygen atoms in total. The monoisotopic (exact) mass is 398 g/mol. The first-order valence-electron chi connectivity index (χ1n) is 8.43. The van der Waals surface area contributed by atoms with Gasteiger partial charge in [0.15, 0.2) is 0 Å². The smallest absolute Gasteiger partial charge is 0.244 e. The summed E-state index contributed by atoms with van der Waals surface area (Å²) in [6.45, 7) is 2.78. The molecule has 138 valence electrons. The molecule has 0 spiro atoms. The Bertz CT molecular complexity index is 953. The molecule has 0 saturated carbocycles. The van der Waals surface area contributed by atoms with Crippen LogP contribution in [0.5, 0.6) is 5.75 Å². The molecule has 6 heteroatoms. The van der Waals surface area contributed by atoms with E-state index in [0.29, 0.717) is 18.2 Å². The minimum absolute atomic E-state index is 0.181. The maximum atomic E-state index is 12.0. The van der Waals surface area contributed by atoms with Crippen LogP contribution >= 0.6 is 22.9 Å². The second-order valence-electron chi connectivity index (χ2n) is 5.86. The quantitative estimate of drug-likeness (QED) is 0.569. The number of nitrogens with zero attached hydrogens (tertiary/aromatic N) is 1. The largest absolute Gasteiger partial charge is 0.487 e. The van der Waals surface area contributed by atoms with Crippen LogP contribution in [0.25, 0.3) is 6.08 Å². The second-order valence-corrected chi connectivity index (χ2v) is 7.33. The highest BCUT2D eigenvalue weighted by molar-refractivity contribution is 7.09. The third-order valence-electron chi connectivity index (χ3n) is 3.75. The highest BCUT2D eigenvalue weighted by Crippen LogP contribution is 2.17. The summed E-state index contributed by atoms with van der Waals surface area (Å²) in [5.41, 5.74) is 2.68. The number of amides is 1.